The van der Waals surface area contributed by atoms with Gasteiger partial charge < -0.3 is 14.5 Å². The van der Waals surface area contributed by atoms with Crippen LogP contribution in [0.2, 0.25) is 0 Å². The predicted octanol–water partition coefficient (Wildman–Crippen LogP) is 5.70. The smallest absolute Gasteiger partial charge is 0.280 e. The molecule has 1 amide bonds. The molecule has 0 unspecified atom stereocenters. The van der Waals surface area contributed by atoms with Crippen molar-refractivity contribution in [2.24, 2.45) is 0 Å². The highest BCUT2D eigenvalue weighted by Crippen LogP contribution is 2.40. The molecule has 6 rings (SSSR count). The zero-order valence-corrected chi connectivity index (χ0v) is 17.5. The third kappa shape index (κ3) is 3.19. The number of benzene rings is 2. The summed E-state index contributed by atoms with van der Waals surface area (Å²) >= 11 is 0. The third-order valence-electron chi connectivity index (χ3n) is 5.93. The first-order valence-corrected chi connectivity index (χ1v) is 10.5. The van der Waals surface area contributed by atoms with Gasteiger partial charge in [0.05, 0.1) is 19.0 Å². The van der Waals surface area contributed by atoms with Crippen molar-refractivity contribution in [1.82, 2.24) is 14.6 Å². The molecule has 5 aromatic rings. The molecule has 1 aliphatic carbocycles. The SMILES string of the molecule is COc1cc2c(cc1NC(=O)c1cnn3c(C(F)F)cc(C4CC4)nc13)oc1ccccc12. The Balaban J connectivity index is 1.42. The lowest BCUT2D eigenvalue weighted by Gasteiger charge is -2.10. The molecule has 0 bridgehead atoms. The minimum absolute atomic E-state index is 0.103. The molecular formula is C24H18F2N4O3. The lowest BCUT2D eigenvalue weighted by Crippen LogP contribution is -2.13. The standard InChI is InChI=1S/C24H18F2N4O3/c1-32-21-8-14-13-4-2-3-5-19(13)33-20(14)10-17(21)29-24(31)15-11-27-30-18(22(25)26)9-16(12-6-7-12)28-23(15)30/h2-5,8-12,22H,6-7H2,1H3,(H,29,31). The molecule has 1 aliphatic rings. The van der Waals surface area contributed by atoms with E-state index in [4.69, 9.17) is 9.15 Å². The van der Waals surface area contributed by atoms with Crippen LogP contribution in [-0.2, 0) is 0 Å². The number of fused-ring (bicyclic) bond motifs is 4. The van der Waals surface area contributed by atoms with Crippen LogP contribution in [0.3, 0.4) is 0 Å². The summed E-state index contributed by atoms with van der Waals surface area (Å²) in [5, 5.41) is 8.60. The number of carbonyl (C=O) groups is 1. The summed E-state index contributed by atoms with van der Waals surface area (Å²) < 4.78 is 39.7. The highest BCUT2D eigenvalue weighted by molar-refractivity contribution is 6.11. The van der Waals surface area contributed by atoms with Crippen molar-refractivity contribution in [2.75, 3.05) is 12.4 Å². The Morgan fingerprint density at radius 2 is 2.00 bits per heavy atom. The number of furan rings is 1. The van der Waals surface area contributed by atoms with Gasteiger partial charge in [-0.15, -0.1) is 0 Å². The molecule has 2 aromatic carbocycles. The third-order valence-corrected chi connectivity index (χ3v) is 5.93. The van der Waals surface area contributed by atoms with Crippen LogP contribution in [0, 0.1) is 0 Å². The zero-order chi connectivity index (χ0) is 22.7. The molecule has 166 valence electrons. The maximum absolute atomic E-state index is 13.6. The molecule has 0 radical (unpaired) electrons. The molecule has 33 heavy (non-hydrogen) atoms. The van der Waals surface area contributed by atoms with Crippen LogP contribution in [0.4, 0.5) is 14.5 Å². The van der Waals surface area contributed by atoms with Gasteiger partial charge in [0.25, 0.3) is 12.3 Å². The zero-order valence-electron chi connectivity index (χ0n) is 17.5. The predicted molar refractivity (Wildman–Crippen MR) is 118 cm³/mol. The Kier molecular flexibility index (Phi) is 4.33. The van der Waals surface area contributed by atoms with E-state index < -0.39 is 12.3 Å². The number of hydrogen-bond acceptors (Lipinski definition) is 5. The van der Waals surface area contributed by atoms with Crippen LogP contribution >= 0.6 is 0 Å². The molecule has 0 spiro atoms. The van der Waals surface area contributed by atoms with Crippen LogP contribution in [0.1, 0.15) is 46.9 Å². The second-order valence-corrected chi connectivity index (χ2v) is 8.08. The topological polar surface area (TPSA) is 81.7 Å². The number of alkyl halides is 2. The molecule has 9 heteroatoms. The normalized spacial score (nSPS) is 13.9. The molecule has 1 saturated carbocycles. The highest BCUT2D eigenvalue weighted by atomic mass is 19.3. The Hall–Kier alpha value is -4.01. The first-order chi connectivity index (χ1) is 16.0. The summed E-state index contributed by atoms with van der Waals surface area (Å²) in [5.41, 5.74) is 2.19. The van der Waals surface area contributed by atoms with Crippen molar-refractivity contribution in [3.05, 3.63) is 65.6 Å². The number of nitrogens with zero attached hydrogens (tertiary/aromatic N) is 3. The summed E-state index contributed by atoms with van der Waals surface area (Å²) in [6, 6.07) is 12.5. The van der Waals surface area contributed by atoms with Crippen LogP contribution in [-0.4, -0.2) is 27.6 Å². The minimum Gasteiger partial charge on any atom is -0.495 e. The quantitative estimate of drug-likeness (QED) is 0.373. The van der Waals surface area contributed by atoms with E-state index in [0.29, 0.717) is 22.7 Å². The van der Waals surface area contributed by atoms with Gasteiger partial charge in [-0.25, -0.2) is 18.3 Å². The molecule has 0 saturated heterocycles. The van der Waals surface area contributed by atoms with Crippen LogP contribution in [0.25, 0.3) is 27.6 Å². The number of methoxy groups -OCH3 is 1. The van der Waals surface area contributed by atoms with Crippen molar-refractivity contribution in [2.45, 2.75) is 25.2 Å². The van der Waals surface area contributed by atoms with E-state index in [1.54, 1.807) is 12.1 Å². The number of aromatic nitrogens is 3. The van der Waals surface area contributed by atoms with E-state index in [9.17, 15) is 13.6 Å². The molecule has 1 N–H and O–H groups in total. The van der Waals surface area contributed by atoms with Crippen molar-refractivity contribution in [3.8, 4) is 5.75 Å². The fraction of sp³-hybridized carbons (Fsp3) is 0.208. The van der Waals surface area contributed by atoms with Gasteiger partial charge in [-0.05, 0) is 31.0 Å². The van der Waals surface area contributed by atoms with E-state index in [0.717, 1.165) is 33.7 Å². The monoisotopic (exact) mass is 448 g/mol. The summed E-state index contributed by atoms with van der Waals surface area (Å²) in [5.74, 6) is 0.0621. The van der Waals surface area contributed by atoms with Crippen molar-refractivity contribution in [3.63, 3.8) is 0 Å². The number of para-hydroxylation sites is 1. The maximum atomic E-state index is 13.6. The number of ether oxygens (including phenoxy) is 1. The molecule has 3 aromatic heterocycles. The number of rotatable bonds is 5. The lowest BCUT2D eigenvalue weighted by atomic mass is 10.1. The highest BCUT2D eigenvalue weighted by Gasteiger charge is 2.29. The van der Waals surface area contributed by atoms with E-state index in [2.05, 4.69) is 15.4 Å². The van der Waals surface area contributed by atoms with Crippen molar-refractivity contribution >= 4 is 39.2 Å². The van der Waals surface area contributed by atoms with Crippen LogP contribution in [0.5, 0.6) is 5.75 Å². The molecule has 3 heterocycles. The Morgan fingerprint density at radius 1 is 1.18 bits per heavy atom. The summed E-state index contributed by atoms with van der Waals surface area (Å²) in [6.07, 6.45) is 0.318. The second-order valence-electron chi connectivity index (χ2n) is 8.08. The van der Waals surface area contributed by atoms with Gasteiger partial charge in [-0.3, -0.25) is 4.79 Å². The fourth-order valence-electron chi connectivity index (χ4n) is 4.12. The molecule has 1 fully saturated rings. The van der Waals surface area contributed by atoms with E-state index in [-0.39, 0.29) is 22.8 Å². The first kappa shape index (κ1) is 19.7. The molecule has 0 atom stereocenters. The Bertz CT molecular complexity index is 1550. The van der Waals surface area contributed by atoms with Crippen molar-refractivity contribution in [1.29, 1.82) is 0 Å². The number of hydrogen-bond donors (Lipinski definition) is 1. The van der Waals surface area contributed by atoms with Gasteiger partial charge >= 0.3 is 0 Å². The number of anilines is 1. The first-order valence-electron chi connectivity index (χ1n) is 10.5. The number of halogens is 2. The van der Waals surface area contributed by atoms with Gasteiger partial charge in [-0.2, -0.15) is 5.10 Å². The molecular weight excluding hydrogens is 430 g/mol. The van der Waals surface area contributed by atoms with E-state index in [1.165, 1.54) is 19.4 Å². The lowest BCUT2D eigenvalue weighted by molar-refractivity contribution is 0.102. The summed E-state index contributed by atoms with van der Waals surface area (Å²) in [6.45, 7) is 0. The van der Waals surface area contributed by atoms with Gasteiger partial charge in [0.2, 0.25) is 0 Å². The number of amides is 1. The van der Waals surface area contributed by atoms with Gasteiger partial charge in [0.1, 0.15) is 28.2 Å². The number of nitrogens with one attached hydrogen (secondary N) is 1. The Labute approximate surface area is 186 Å². The maximum Gasteiger partial charge on any atom is 0.280 e. The van der Waals surface area contributed by atoms with E-state index in [1.807, 2.05) is 24.3 Å². The van der Waals surface area contributed by atoms with Crippen LogP contribution in [0.15, 0.2) is 53.1 Å². The average molecular weight is 448 g/mol. The Morgan fingerprint density at radius 3 is 2.76 bits per heavy atom. The van der Waals surface area contributed by atoms with E-state index >= 15 is 0 Å². The average Bonchev–Trinajstić information content (AvgIpc) is 3.48. The second kappa shape index (κ2) is 7.26. The molecule has 0 aliphatic heterocycles. The minimum atomic E-state index is -2.74. The van der Waals surface area contributed by atoms with Crippen LogP contribution < -0.4 is 10.1 Å². The fourth-order valence-corrected chi connectivity index (χ4v) is 4.12. The largest absolute Gasteiger partial charge is 0.495 e. The van der Waals surface area contributed by atoms with Gasteiger partial charge in [-0.1, -0.05) is 18.2 Å². The summed E-state index contributed by atoms with van der Waals surface area (Å²) in [7, 11) is 1.51. The summed E-state index contributed by atoms with van der Waals surface area (Å²) in [4.78, 5) is 17.6. The van der Waals surface area contributed by atoms with Gasteiger partial charge in [0.15, 0.2) is 5.65 Å². The van der Waals surface area contributed by atoms with Crippen molar-refractivity contribution < 1.29 is 22.7 Å². The molecule has 7 nitrogen and oxygen atoms in total. The van der Waals surface area contributed by atoms with Gasteiger partial charge in [0, 0.05) is 28.5 Å². The number of carbonyl (C=O) groups excluding carboxylic acids is 1.